The van der Waals surface area contributed by atoms with Gasteiger partial charge in [-0.3, -0.25) is 9.88 Å². The van der Waals surface area contributed by atoms with Crippen LogP contribution in [0, 0.1) is 5.82 Å². The van der Waals surface area contributed by atoms with Crippen molar-refractivity contribution in [2.24, 2.45) is 0 Å². The lowest BCUT2D eigenvalue weighted by Crippen LogP contribution is -2.58. The van der Waals surface area contributed by atoms with Crippen LogP contribution in [0.3, 0.4) is 0 Å². The van der Waals surface area contributed by atoms with Gasteiger partial charge in [0.25, 0.3) is 5.92 Å². The van der Waals surface area contributed by atoms with E-state index in [-0.39, 0.29) is 24.7 Å². The number of pyridine rings is 1. The first kappa shape index (κ1) is 18.9. The quantitative estimate of drug-likeness (QED) is 0.780. The second kappa shape index (κ2) is 7.54. The van der Waals surface area contributed by atoms with Crippen molar-refractivity contribution in [1.82, 2.24) is 19.9 Å². The predicted molar refractivity (Wildman–Crippen MR) is 100 cm³/mol. The average molecular weight is 392 g/mol. The van der Waals surface area contributed by atoms with E-state index in [4.69, 9.17) is 0 Å². The highest BCUT2D eigenvalue weighted by Gasteiger charge is 2.35. The molecule has 6 nitrogen and oxygen atoms in total. The third-order valence-corrected chi connectivity index (χ3v) is 5.50. The minimum absolute atomic E-state index is 0.146. The van der Waals surface area contributed by atoms with Crippen molar-refractivity contribution in [2.75, 3.05) is 43.0 Å². The van der Waals surface area contributed by atoms with Crippen molar-refractivity contribution in [3.05, 3.63) is 42.2 Å². The Hall–Kier alpha value is -2.42. The highest BCUT2D eigenvalue weighted by Crippen LogP contribution is 2.31. The number of rotatable bonds is 5. The zero-order chi connectivity index (χ0) is 19.7. The molecule has 0 aliphatic carbocycles. The molecule has 2 saturated heterocycles. The molecule has 28 heavy (non-hydrogen) atoms. The molecule has 2 fully saturated rings. The molecule has 2 aromatic heterocycles. The summed E-state index contributed by atoms with van der Waals surface area (Å²) in [6.07, 6.45) is 2.79. The molecule has 2 aromatic rings. The van der Waals surface area contributed by atoms with Crippen molar-refractivity contribution in [3.8, 4) is 0 Å². The fraction of sp³-hybridized carbons (Fsp3) is 0.526. The van der Waals surface area contributed by atoms with Crippen LogP contribution in [0.1, 0.15) is 18.5 Å². The van der Waals surface area contributed by atoms with Crippen LogP contribution in [-0.2, 0) is 6.54 Å². The van der Waals surface area contributed by atoms with Gasteiger partial charge < -0.3 is 9.80 Å². The maximum absolute atomic E-state index is 13.8. The van der Waals surface area contributed by atoms with Crippen molar-refractivity contribution in [1.29, 1.82) is 0 Å². The summed E-state index contributed by atoms with van der Waals surface area (Å²) in [6.45, 7) is 2.57. The van der Waals surface area contributed by atoms with E-state index in [2.05, 4.69) is 24.8 Å². The average Bonchev–Trinajstić information content (AvgIpc) is 2.63. The molecule has 0 atom stereocenters. The smallest absolute Gasteiger partial charge is 0.251 e. The lowest BCUT2D eigenvalue weighted by atomic mass is 10.1. The van der Waals surface area contributed by atoms with Gasteiger partial charge in [0, 0.05) is 63.9 Å². The van der Waals surface area contributed by atoms with E-state index in [1.165, 1.54) is 12.4 Å². The summed E-state index contributed by atoms with van der Waals surface area (Å²) >= 11 is 0. The summed E-state index contributed by atoms with van der Waals surface area (Å²) in [4.78, 5) is 18.8. The van der Waals surface area contributed by atoms with Crippen LogP contribution in [0.5, 0.6) is 0 Å². The van der Waals surface area contributed by atoms with Crippen LogP contribution in [0.25, 0.3) is 0 Å². The Balaban J connectivity index is 1.34. The van der Waals surface area contributed by atoms with Crippen molar-refractivity contribution < 1.29 is 13.2 Å². The van der Waals surface area contributed by atoms with Crippen LogP contribution in [0.4, 0.5) is 24.8 Å². The number of piperidine rings is 1. The predicted octanol–water partition coefficient (Wildman–Crippen LogP) is 2.57. The van der Waals surface area contributed by atoms with Gasteiger partial charge >= 0.3 is 0 Å². The molecule has 4 heterocycles. The second-order valence-corrected chi connectivity index (χ2v) is 7.48. The second-order valence-electron chi connectivity index (χ2n) is 7.48. The Labute approximate surface area is 162 Å². The van der Waals surface area contributed by atoms with Crippen molar-refractivity contribution in [2.45, 2.75) is 31.4 Å². The van der Waals surface area contributed by atoms with E-state index in [1.54, 1.807) is 12.3 Å². The number of alkyl halides is 2. The van der Waals surface area contributed by atoms with E-state index >= 15 is 0 Å². The van der Waals surface area contributed by atoms with Crippen molar-refractivity contribution >= 4 is 11.6 Å². The summed E-state index contributed by atoms with van der Waals surface area (Å²) in [7, 11) is 1.95. The largest absolute Gasteiger partial charge is 0.356 e. The molecule has 0 saturated carbocycles. The highest BCUT2D eigenvalue weighted by molar-refractivity contribution is 5.52. The van der Waals surface area contributed by atoms with Gasteiger partial charge in [0.05, 0.1) is 5.69 Å². The molecule has 0 unspecified atom stereocenters. The van der Waals surface area contributed by atoms with Gasteiger partial charge in [0.1, 0.15) is 23.8 Å². The topological polar surface area (TPSA) is 48.4 Å². The van der Waals surface area contributed by atoms with Crippen LogP contribution in [-0.4, -0.2) is 65.0 Å². The monoisotopic (exact) mass is 392 g/mol. The van der Waals surface area contributed by atoms with Gasteiger partial charge in [-0.05, 0) is 19.2 Å². The number of anilines is 2. The molecule has 4 rings (SSSR count). The minimum Gasteiger partial charge on any atom is -0.356 e. The summed E-state index contributed by atoms with van der Waals surface area (Å²) in [5.74, 6) is -1.39. The first-order chi connectivity index (χ1) is 13.4. The first-order valence-corrected chi connectivity index (χ1v) is 9.41. The number of halogens is 3. The summed E-state index contributed by atoms with van der Waals surface area (Å²) in [5.41, 5.74) is 0.440. The maximum atomic E-state index is 13.8. The Bertz CT molecular complexity index is 817. The normalized spacial score (nSPS) is 19.8. The number of likely N-dealkylation sites (N-methyl/N-ethyl adjacent to an activating group) is 1. The maximum Gasteiger partial charge on any atom is 0.251 e. The lowest BCUT2D eigenvalue weighted by molar-refractivity contribution is -0.0221. The number of hydrogen-bond donors (Lipinski definition) is 0. The first-order valence-electron chi connectivity index (χ1n) is 9.41. The third-order valence-electron chi connectivity index (χ3n) is 5.50. The van der Waals surface area contributed by atoms with Gasteiger partial charge in [-0.1, -0.05) is 0 Å². The summed E-state index contributed by atoms with van der Waals surface area (Å²) in [6, 6.07) is 5.13. The Morgan fingerprint density at radius 3 is 2.46 bits per heavy atom. The zero-order valence-electron chi connectivity index (χ0n) is 15.7. The van der Waals surface area contributed by atoms with Crippen molar-refractivity contribution in [3.63, 3.8) is 0 Å². The van der Waals surface area contributed by atoms with Gasteiger partial charge in [-0.2, -0.15) is 0 Å². The fourth-order valence-corrected chi connectivity index (χ4v) is 3.57. The van der Waals surface area contributed by atoms with Gasteiger partial charge in [-0.25, -0.2) is 23.1 Å². The van der Waals surface area contributed by atoms with Crippen LogP contribution in [0.2, 0.25) is 0 Å². The summed E-state index contributed by atoms with van der Waals surface area (Å²) < 4.78 is 40.5. The molecule has 0 spiro atoms. The molecule has 0 bridgehead atoms. The highest BCUT2D eigenvalue weighted by atomic mass is 19.3. The van der Waals surface area contributed by atoms with Crippen LogP contribution in [0.15, 0.2) is 30.7 Å². The molecule has 0 N–H and O–H groups in total. The molecule has 0 radical (unpaired) electrons. The van der Waals surface area contributed by atoms with Gasteiger partial charge in [-0.15, -0.1) is 0 Å². The van der Waals surface area contributed by atoms with E-state index in [0.717, 1.165) is 18.9 Å². The number of aromatic nitrogens is 3. The molecular weight excluding hydrogens is 369 g/mol. The fourth-order valence-electron chi connectivity index (χ4n) is 3.57. The molecular formula is C19H23F3N6. The third kappa shape index (κ3) is 4.04. The number of nitrogens with zero attached hydrogens (tertiary/aromatic N) is 6. The summed E-state index contributed by atoms with van der Waals surface area (Å²) in [5, 5.41) is 0. The van der Waals surface area contributed by atoms with E-state index in [1.807, 2.05) is 18.0 Å². The molecule has 2 aliphatic rings. The van der Waals surface area contributed by atoms with E-state index in [9.17, 15) is 13.2 Å². The Morgan fingerprint density at radius 1 is 1.11 bits per heavy atom. The Kier molecular flexibility index (Phi) is 5.09. The SMILES string of the molecule is CN(Cc1ncccc1F)C1CN(c2cc(N3CCC(F)(F)CC3)ncn2)C1. The van der Waals surface area contributed by atoms with E-state index < -0.39 is 5.92 Å². The standard InChI is InChI=1S/C19H23F3N6/c1-26(12-16-15(20)3-2-6-23-16)14-10-28(11-14)18-9-17(24-13-25-18)27-7-4-19(21,22)5-8-27/h2-3,6,9,13-14H,4-5,7-8,10-12H2,1H3. The molecule has 0 aromatic carbocycles. The van der Waals surface area contributed by atoms with Gasteiger partial charge in [0.2, 0.25) is 0 Å². The molecule has 2 aliphatic heterocycles. The number of hydrogen-bond acceptors (Lipinski definition) is 6. The van der Waals surface area contributed by atoms with Crippen LogP contribution < -0.4 is 9.80 Å². The zero-order valence-corrected chi connectivity index (χ0v) is 15.7. The van der Waals surface area contributed by atoms with E-state index in [0.29, 0.717) is 31.1 Å². The van der Waals surface area contributed by atoms with Gasteiger partial charge in [0.15, 0.2) is 0 Å². The molecule has 9 heteroatoms. The van der Waals surface area contributed by atoms with Crippen LogP contribution >= 0.6 is 0 Å². The molecule has 0 amide bonds. The lowest BCUT2D eigenvalue weighted by Gasteiger charge is -2.44. The minimum atomic E-state index is -2.57. The Morgan fingerprint density at radius 2 is 1.79 bits per heavy atom. The molecule has 150 valence electrons.